The van der Waals surface area contributed by atoms with Crippen LogP contribution in [0.25, 0.3) is 0 Å². The van der Waals surface area contributed by atoms with Crippen molar-refractivity contribution in [3.8, 4) is 0 Å². The fourth-order valence-corrected chi connectivity index (χ4v) is 1.73. The zero-order valence-electron chi connectivity index (χ0n) is 13.5. The smallest absolute Gasteiger partial charge is 0.223 e. The number of nitrogens with zero attached hydrogens (tertiary/aromatic N) is 1. The molecule has 21 heavy (non-hydrogen) atoms. The van der Waals surface area contributed by atoms with Crippen LogP contribution in [0.15, 0.2) is 4.99 Å². The molecule has 1 amide bonds. The second-order valence-electron chi connectivity index (χ2n) is 5.65. The Hall–Kier alpha value is -0.180. The predicted molar refractivity (Wildman–Crippen MR) is 103 cm³/mol. The Labute approximate surface area is 149 Å². The van der Waals surface area contributed by atoms with Crippen molar-refractivity contribution in [1.82, 2.24) is 16.0 Å². The lowest BCUT2D eigenvalue weighted by molar-refractivity contribution is -0.122. The molecule has 0 aliphatic heterocycles. The van der Waals surface area contributed by atoms with E-state index in [0.29, 0.717) is 13.1 Å². The van der Waals surface area contributed by atoms with Gasteiger partial charge in [0.15, 0.2) is 5.96 Å². The number of hydrogen-bond donors (Lipinski definition) is 3. The maximum atomic E-state index is 11.5. The first-order valence-electron chi connectivity index (χ1n) is 7.33. The molecule has 0 bridgehead atoms. The number of guanidine groups is 1. The van der Waals surface area contributed by atoms with E-state index < -0.39 is 0 Å². The van der Waals surface area contributed by atoms with Crippen LogP contribution in [0.5, 0.6) is 0 Å². The van der Waals surface area contributed by atoms with E-state index in [2.05, 4.69) is 41.0 Å². The topological polar surface area (TPSA) is 65.5 Å². The van der Waals surface area contributed by atoms with E-state index in [4.69, 9.17) is 0 Å². The summed E-state index contributed by atoms with van der Waals surface area (Å²) in [4.78, 5) is 16.1. The highest BCUT2D eigenvalue weighted by atomic mass is 127. The third-order valence-electron chi connectivity index (χ3n) is 3.18. The first-order chi connectivity index (χ1) is 9.48. The molecule has 1 fully saturated rings. The van der Waals surface area contributed by atoms with Crippen molar-refractivity contribution >= 4 is 47.6 Å². The van der Waals surface area contributed by atoms with Crippen molar-refractivity contribution < 1.29 is 4.79 Å². The quantitative estimate of drug-likeness (QED) is 0.239. The number of rotatable bonds is 8. The molecule has 0 radical (unpaired) electrons. The summed E-state index contributed by atoms with van der Waals surface area (Å²) in [5, 5.41) is 9.40. The number of hydrogen-bond acceptors (Lipinski definition) is 3. The standard InChI is InChI=1S/C14H28N4OS.HI/c1-5-15-13(18-10-14(2,3)20-4)17-9-8-16-12(19)11-6-7-11;/h11H,5-10H2,1-4H3,(H,16,19)(H2,15,17,18);1H. The number of aliphatic imine (C=N–C) groups is 1. The Morgan fingerprint density at radius 2 is 1.86 bits per heavy atom. The lowest BCUT2D eigenvalue weighted by atomic mass is 10.2. The zero-order valence-corrected chi connectivity index (χ0v) is 16.6. The number of carbonyl (C=O) groups is 1. The SMILES string of the molecule is CCNC(=NCC(C)(C)SC)NCCNC(=O)C1CC1.I. The fraction of sp³-hybridized carbons (Fsp3) is 0.857. The molecule has 0 aromatic rings. The molecule has 0 unspecified atom stereocenters. The van der Waals surface area contributed by atoms with Gasteiger partial charge in [0.2, 0.25) is 5.91 Å². The predicted octanol–water partition coefficient (Wildman–Crippen LogP) is 1.83. The second kappa shape index (κ2) is 10.5. The highest BCUT2D eigenvalue weighted by Crippen LogP contribution is 2.28. The minimum absolute atomic E-state index is 0. The molecule has 1 saturated carbocycles. The minimum atomic E-state index is 0. The average Bonchev–Trinajstić information content (AvgIpc) is 3.25. The van der Waals surface area contributed by atoms with Gasteiger partial charge in [-0.1, -0.05) is 0 Å². The van der Waals surface area contributed by atoms with Crippen LogP contribution < -0.4 is 16.0 Å². The van der Waals surface area contributed by atoms with Crippen LogP contribution in [-0.2, 0) is 4.79 Å². The van der Waals surface area contributed by atoms with Crippen molar-refractivity contribution in [2.24, 2.45) is 10.9 Å². The molecule has 5 nitrogen and oxygen atoms in total. The van der Waals surface area contributed by atoms with Crippen LogP contribution in [-0.4, -0.2) is 49.0 Å². The van der Waals surface area contributed by atoms with Gasteiger partial charge < -0.3 is 16.0 Å². The van der Waals surface area contributed by atoms with Crippen LogP contribution in [0.2, 0.25) is 0 Å². The Bertz CT molecular complexity index is 346. The van der Waals surface area contributed by atoms with Crippen LogP contribution in [0.4, 0.5) is 0 Å². The van der Waals surface area contributed by atoms with Crippen molar-refractivity contribution in [3.63, 3.8) is 0 Å². The van der Waals surface area contributed by atoms with Gasteiger partial charge in [0.25, 0.3) is 0 Å². The molecule has 7 heteroatoms. The van der Waals surface area contributed by atoms with Gasteiger partial charge in [-0.15, -0.1) is 24.0 Å². The molecule has 0 spiro atoms. The zero-order chi connectivity index (χ0) is 15.0. The molecular weight excluding hydrogens is 399 g/mol. The van der Waals surface area contributed by atoms with E-state index in [-0.39, 0.29) is 40.5 Å². The monoisotopic (exact) mass is 428 g/mol. The molecule has 1 aliphatic rings. The maximum Gasteiger partial charge on any atom is 0.223 e. The second-order valence-corrected chi connectivity index (χ2v) is 7.16. The molecule has 3 N–H and O–H groups in total. The largest absolute Gasteiger partial charge is 0.357 e. The van der Waals surface area contributed by atoms with E-state index in [1.807, 2.05) is 18.7 Å². The molecule has 0 aromatic carbocycles. The number of halogens is 1. The first-order valence-corrected chi connectivity index (χ1v) is 8.56. The Kier molecular flexibility index (Phi) is 10.4. The van der Waals surface area contributed by atoms with Gasteiger partial charge in [0, 0.05) is 30.3 Å². The Morgan fingerprint density at radius 1 is 1.24 bits per heavy atom. The van der Waals surface area contributed by atoms with Crippen LogP contribution >= 0.6 is 35.7 Å². The van der Waals surface area contributed by atoms with E-state index in [9.17, 15) is 4.79 Å². The van der Waals surface area contributed by atoms with E-state index in [0.717, 1.165) is 31.9 Å². The number of nitrogens with one attached hydrogen (secondary N) is 3. The van der Waals surface area contributed by atoms with Crippen molar-refractivity contribution in [3.05, 3.63) is 0 Å². The van der Waals surface area contributed by atoms with E-state index in [1.165, 1.54) is 0 Å². The molecule has 124 valence electrons. The van der Waals surface area contributed by atoms with Gasteiger partial charge in [-0.05, 0) is 39.9 Å². The first kappa shape index (κ1) is 20.8. The fourth-order valence-electron chi connectivity index (χ4n) is 1.53. The highest BCUT2D eigenvalue weighted by molar-refractivity contribution is 14.0. The summed E-state index contributed by atoms with van der Waals surface area (Å²) >= 11 is 1.81. The molecule has 0 heterocycles. The van der Waals surface area contributed by atoms with Crippen molar-refractivity contribution in [1.29, 1.82) is 0 Å². The van der Waals surface area contributed by atoms with Crippen molar-refractivity contribution in [2.45, 2.75) is 38.4 Å². The van der Waals surface area contributed by atoms with Crippen molar-refractivity contribution in [2.75, 3.05) is 32.4 Å². The maximum absolute atomic E-state index is 11.5. The minimum Gasteiger partial charge on any atom is -0.357 e. The number of thioether (sulfide) groups is 1. The number of amides is 1. The van der Waals surface area contributed by atoms with Gasteiger partial charge >= 0.3 is 0 Å². The molecule has 0 saturated heterocycles. The normalized spacial score (nSPS) is 15.1. The van der Waals surface area contributed by atoms with Gasteiger partial charge in [-0.25, -0.2) is 0 Å². The summed E-state index contributed by atoms with van der Waals surface area (Å²) in [6.07, 6.45) is 4.20. The molecule has 1 aliphatic carbocycles. The third kappa shape index (κ3) is 9.44. The summed E-state index contributed by atoms with van der Waals surface area (Å²) in [5.74, 6) is 1.28. The van der Waals surface area contributed by atoms with E-state index >= 15 is 0 Å². The lowest BCUT2D eigenvalue weighted by Gasteiger charge is -2.20. The summed E-state index contributed by atoms with van der Waals surface area (Å²) in [6.45, 7) is 9.35. The molecule has 1 rings (SSSR count). The van der Waals surface area contributed by atoms with E-state index in [1.54, 1.807) is 0 Å². The van der Waals surface area contributed by atoms with Gasteiger partial charge in [0.05, 0.1) is 6.54 Å². The summed E-state index contributed by atoms with van der Waals surface area (Å²) in [7, 11) is 0. The average molecular weight is 428 g/mol. The van der Waals surface area contributed by atoms with Crippen LogP contribution in [0.3, 0.4) is 0 Å². The summed E-state index contributed by atoms with van der Waals surface area (Å²) < 4.78 is 0.141. The lowest BCUT2D eigenvalue weighted by Crippen LogP contribution is -2.42. The van der Waals surface area contributed by atoms with Gasteiger partial charge in [0.1, 0.15) is 0 Å². The Balaban J connectivity index is 0.00000400. The van der Waals surface area contributed by atoms with Gasteiger partial charge in [-0.3, -0.25) is 9.79 Å². The molecule has 0 atom stereocenters. The third-order valence-corrected chi connectivity index (χ3v) is 4.41. The molecule has 0 aromatic heterocycles. The highest BCUT2D eigenvalue weighted by Gasteiger charge is 2.28. The molecular formula is C14H29IN4OS. The van der Waals surface area contributed by atoms with Gasteiger partial charge in [-0.2, -0.15) is 11.8 Å². The number of carbonyl (C=O) groups excluding carboxylic acids is 1. The summed E-state index contributed by atoms with van der Waals surface area (Å²) in [5.41, 5.74) is 0. The van der Waals surface area contributed by atoms with Crippen LogP contribution in [0.1, 0.15) is 33.6 Å². The Morgan fingerprint density at radius 3 is 2.38 bits per heavy atom. The summed E-state index contributed by atoms with van der Waals surface area (Å²) in [6, 6.07) is 0. The van der Waals surface area contributed by atoms with Crippen LogP contribution in [0, 0.1) is 5.92 Å².